The van der Waals surface area contributed by atoms with Gasteiger partial charge < -0.3 is 0 Å². The first-order chi connectivity index (χ1) is 11.4. The normalized spacial score (nSPS) is 22.2. The molecular formula is C23H23Br. The summed E-state index contributed by atoms with van der Waals surface area (Å²) in [6.07, 6.45) is 12.7. The van der Waals surface area contributed by atoms with Gasteiger partial charge in [-0.05, 0) is 65.0 Å². The molecule has 0 saturated carbocycles. The number of halogens is 1. The highest BCUT2D eigenvalue weighted by molar-refractivity contribution is 9.10. The first-order valence-electron chi connectivity index (χ1n) is 8.70. The van der Waals surface area contributed by atoms with Crippen molar-refractivity contribution in [2.45, 2.75) is 40.0 Å². The Bertz CT molecular complexity index is 885. The predicted molar refractivity (Wildman–Crippen MR) is 107 cm³/mol. The number of rotatable bonds is 2. The third-order valence-electron chi connectivity index (χ3n) is 5.83. The van der Waals surface area contributed by atoms with Crippen LogP contribution in [0, 0.1) is 5.41 Å². The highest BCUT2D eigenvalue weighted by Gasteiger charge is 2.38. The van der Waals surface area contributed by atoms with E-state index in [1.165, 1.54) is 39.0 Å². The van der Waals surface area contributed by atoms with Gasteiger partial charge in [-0.1, -0.05) is 72.6 Å². The van der Waals surface area contributed by atoms with Crippen molar-refractivity contribution in [1.82, 2.24) is 0 Å². The van der Waals surface area contributed by atoms with Gasteiger partial charge >= 0.3 is 0 Å². The van der Waals surface area contributed by atoms with Crippen molar-refractivity contribution in [1.29, 1.82) is 0 Å². The van der Waals surface area contributed by atoms with Crippen molar-refractivity contribution < 1.29 is 0 Å². The Hall–Kier alpha value is -1.60. The molecule has 1 atom stereocenters. The maximum Gasteiger partial charge on any atom is 0.0181 e. The summed E-state index contributed by atoms with van der Waals surface area (Å²) in [4.78, 5) is 0. The molecule has 0 heterocycles. The van der Waals surface area contributed by atoms with Crippen LogP contribution in [0.15, 0.2) is 74.8 Å². The van der Waals surface area contributed by atoms with Crippen molar-refractivity contribution in [2.24, 2.45) is 5.41 Å². The molecule has 0 aromatic heterocycles. The Labute approximate surface area is 153 Å². The average molecular weight is 379 g/mol. The van der Waals surface area contributed by atoms with Gasteiger partial charge in [0.1, 0.15) is 0 Å². The van der Waals surface area contributed by atoms with Gasteiger partial charge in [-0.15, -0.1) is 0 Å². The van der Waals surface area contributed by atoms with Gasteiger partial charge in [0.25, 0.3) is 0 Å². The van der Waals surface area contributed by atoms with Crippen LogP contribution >= 0.6 is 15.9 Å². The fourth-order valence-electron chi connectivity index (χ4n) is 4.54. The first kappa shape index (κ1) is 15.9. The SMILES string of the molecule is CC1=C(C(C)(C)C2=CC=CC2)C2=Cc3cc(Br)ccc3C(C)C2=C1. The Morgan fingerprint density at radius 1 is 1.17 bits per heavy atom. The fraction of sp³-hybridized carbons (Fsp3) is 0.304. The van der Waals surface area contributed by atoms with E-state index in [0.717, 1.165) is 10.9 Å². The molecule has 1 aromatic rings. The zero-order valence-electron chi connectivity index (χ0n) is 14.8. The van der Waals surface area contributed by atoms with Crippen LogP contribution in [0.2, 0.25) is 0 Å². The van der Waals surface area contributed by atoms with E-state index in [1.54, 1.807) is 0 Å². The summed E-state index contributed by atoms with van der Waals surface area (Å²) in [5.74, 6) is 0.451. The molecule has 0 radical (unpaired) electrons. The molecule has 1 unspecified atom stereocenters. The topological polar surface area (TPSA) is 0 Å². The van der Waals surface area contributed by atoms with E-state index >= 15 is 0 Å². The molecule has 122 valence electrons. The van der Waals surface area contributed by atoms with Gasteiger partial charge in [0.05, 0.1) is 0 Å². The second-order valence-corrected chi connectivity index (χ2v) is 8.58. The smallest absolute Gasteiger partial charge is 0.0181 e. The summed E-state index contributed by atoms with van der Waals surface area (Å²) in [6, 6.07) is 6.67. The average Bonchev–Trinajstić information content (AvgIpc) is 3.15. The molecule has 0 saturated heterocycles. The lowest BCUT2D eigenvalue weighted by Gasteiger charge is -2.34. The molecule has 0 spiro atoms. The highest BCUT2D eigenvalue weighted by Crippen LogP contribution is 2.53. The summed E-state index contributed by atoms with van der Waals surface area (Å²) in [7, 11) is 0. The van der Waals surface area contributed by atoms with E-state index in [9.17, 15) is 0 Å². The van der Waals surface area contributed by atoms with E-state index in [4.69, 9.17) is 0 Å². The minimum atomic E-state index is 0.0703. The van der Waals surface area contributed by atoms with Crippen LogP contribution in [-0.4, -0.2) is 0 Å². The molecule has 1 heteroatoms. The number of fused-ring (bicyclic) bond motifs is 2. The monoisotopic (exact) mass is 378 g/mol. The fourth-order valence-corrected chi connectivity index (χ4v) is 4.92. The summed E-state index contributed by atoms with van der Waals surface area (Å²) in [5, 5.41) is 0. The molecule has 24 heavy (non-hydrogen) atoms. The van der Waals surface area contributed by atoms with Gasteiger partial charge in [0, 0.05) is 15.8 Å². The Kier molecular flexibility index (Phi) is 3.61. The first-order valence-corrected chi connectivity index (χ1v) is 9.50. The summed E-state index contributed by atoms with van der Waals surface area (Å²) >= 11 is 3.63. The molecule has 0 nitrogen and oxygen atoms in total. The van der Waals surface area contributed by atoms with Crippen LogP contribution in [0.25, 0.3) is 6.08 Å². The van der Waals surface area contributed by atoms with Gasteiger partial charge in [0.15, 0.2) is 0 Å². The van der Waals surface area contributed by atoms with Crippen LogP contribution < -0.4 is 0 Å². The largest absolute Gasteiger partial charge is 0.0804 e. The van der Waals surface area contributed by atoms with Crippen molar-refractivity contribution in [2.75, 3.05) is 0 Å². The van der Waals surface area contributed by atoms with E-state index in [2.05, 4.69) is 92.2 Å². The summed E-state index contributed by atoms with van der Waals surface area (Å²) in [6.45, 7) is 9.37. The van der Waals surface area contributed by atoms with Gasteiger partial charge in [-0.25, -0.2) is 0 Å². The Balaban J connectivity index is 1.86. The standard InChI is InChI=1S/C23H23Br/c1-14-11-20-15(2)19-10-9-18(24)12-16(19)13-21(20)22(14)23(3,4)17-7-5-6-8-17/h5-7,9-13,15H,8H2,1-4H3. The summed E-state index contributed by atoms with van der Waals surface area (Å²) < 4.78 is 1.15. The maximum absolute atomic E-state index is 3.63. The predicted octanol–water partition coefficient (Wildman–Crippen LogP) is 7.12. The highest BCUT2D eigenvalue weighted by atomic mass is 79.9. The molecule has 4 rings (SSSR count). The zero-order valence-corrected chi connectivity index (χ0v) is 16.4. The number of benzene rings is 1. The van der Waals surface area contributed by atoms with Crippen LogP contribution in [0.4, 0.5) is 0 Å². The number of hydrogen-bond donors (Lipinski definition) is 0. The van der Waals surface area contributed by atoms with E-state index < -0.39 is 0 Å². The molecule has 0 aliphatic heterocycles. The van der Waals surface area contributed by atoms with Crippen molar-refractivity contribution in [3.8, 4) is 0 Å². The van der Waals surface area contributed by atoms with E-state index in [0.29, 0.717) is 5.92 Å². The second-order valence-electron chi connectivity index (χ2n) is 7.66. The summed E-state index contributed by atoms with van der Waals surface area (Å²) in [5.41, 5.74) is 10.2. The number of hydrogen-bond acceptors (Lipinski definition) is 0. The van der Waals surface area contributed by atoms with Crippen LogP contribution in [0.1, 0.15) is 51.2 Å². The van der Waals surface area contributed by atoms with Crippen molar-refractivity contribution >= 4 is 22.0 Å². The van der Waals surface area contributed by atoms with Gasteiger partial charge in [-0.3, -0.25) is 0 Å². The molecular weight excluding hydrogens is 356 g/mol. The second kappa shape index (κ2) is 5.46. The molecule has 3 aliphatic carbocycles. The Morgan fingerprint density at radius 3 is 2.67 bits per heavy atom. The number of allylic oxidation sites excluding steroid dienone is 9. The van der Waals surface area contributed by atoms with Gasteiger partial charge in [0.2, 0.25) is 0 Å². The lowest BCUT2D eigenvalue weighted by Crippen LogP contribution is -2.20. The van der Waals surface area contributed by atoms with Crippen LogP contribution in [0.3, 0.4) is 0 Å². The molecule has 0 fully saturated rings. The quantitative estimate of drug-likeness (QED) is 0.513. The van der Waals surface area contributed by atoms with E-state index in [-0.39, 0.29) is 5.41 Å². The minimum absolute atomic E-state index is 0.0703. The van der Waals surface area contributed by atoms with Gasteiger partial charge in [-0.2, -0.15) is 0 Å². The molecule has 1 aromatic carbocycles. The van der Waals surface area contributed by atoms with Crippen molar-refractivity contribution in [3.05, 3.63) is 86.0 Å². The Morgan fingerprint density at radius 2 is 1.96 bits per heavy atom. The molecule has 3 aliphatic rings. The maximum atomic E-state index is 3.63. The van der Waals surface area contributed by atoms with E-state index in [1.807, 2.05) is 0 Å². The lowest BCUT2D eigenvalue weighted by atomic mass is 9.70. The van der Waals surface area contributed by atoms with Crippen LogP contribution in [0.5, 0.6) is 0 Å². The lowest BCUT2D eigenvalue weighted by molar-refractivity contribution is 0.535. The molecule has 0 bridgehead atoms. The minimum Gasteiger partial charge on any atom is -0.0804 e. The third kappa shape index (κ3) is 2.25. The van der Waals surface area contributed by atoms with Crippen molar-refractivity contribution in [3.63, 3.8) is 0 Å². The molecule has 0 N–H and O–H groups in total. The van der Waals surface area contributed by atoms with Crippen LogP contribution in [-0.2, 0) is 0 Å². The molecule has 0 amide bonds. The third-order valence-corrected chi connectivity index (χ3v) is 6.32. The zero-order chi connectivity index (χ0) is 17.1.